The summed E-state index contributed by atoms with van der Waals surface area (Å²) in [6.07, 6.45) is 4.69. The van der Waals surface area contributed by atoms with E-state index in [1.807, 2.05) is 12.1 Å². The number of benzene rings is 1. The number of hydrogen-bond acceptors (Lipinski definition) is 2. The lowest BCUT2D eigenvalue weighted by atomic mass is 10.2. The first-order chi connectivity index (χ1) is 10.2. The van der Waals surface area contributed by atoms with Crippen molar-refractivity contribution in [3.63, 3.8) is 0 Å². The van der Waals surface area contributed by atoms with Gasteiger partial charge in [-0.15, -0.1) is 11.6 Å². The maximum absolute atomic E-state index is 10.9. The van der Waals surface area contributed by atoms with Gasteiger partial charge < -0.3 is 10.3 Å². The summed E-state index contributed by atoms with van der Waals surface area (Å²) in [5.74, 6) is -0.879. The number of H-pyrrole nitrogens is 1. The van der Waals surface area contributed by atoms with E-state index in [-0.39, 0.29) is 0 Å². The zero-order valence-corrected chi connectivity index (χ0v) is 12.1. The third-order valence-electron chi connectivity index (χ3n) is 2.49. The molecule has 2 aromatic heterocycles. The summed E-state index contributed by atoms with van der Waals surface area (Å²) in [6, 6.07) is 13.8. The van der Waals surface area contributed by atoms with E-state index in [0.29, 0.717) is 11.2 Å². The average Bonchev–Trinajstić information content (AvgIpc) is 3.01. The van der Waals surface area contributed by atoms with Crippen molar-refractivity contribution in [1.29, 1.82) is 0 Å². The van der Waals surface area contributed by atoms with Crippen molar-refractivity contribution in [3.05, 3.63) is 71.7 Å². The lowest BCUT2D eigenvalue weighted by molar-refractivity contribution is -0.579. The van der Waals surface area contributed by atoms with Gasteiger partial charge in [0, 0.05) is 6.38 Å². The Morgan fingerprint density at radius 3 is 2.33 bits per heavy atom. The van der Waals surface area contributed by atoms with Crippen LogP contribution < -0.4 is 4.73 Å². The van der Waals surface area contributed by atoms with Crippen molar-refractivity contribution in [2.45, 2.75) is 0 Å². The van der Waals surface area contributed by atoms with Crippen LogP contribution >= 0.6 is 11.6 Å². The monoisotopic (exact) mass is 306 g/mol. The molecule has 3 rings (SSSR count). The van der Waals surface area contributed by atoms with Crippen LogP contribution in [0, 0.1) is 5.21 Å². The Kier molecular flexibility index (Phi) is 6.77. The van der Waals surface area contributed by atoms with E-state index in [1.54, 1.807) is 42.6 Å². The molecule has 0 atom stereocenters. The zero-order valence-electron chi connectivity index (χ0n) is 11.4. The Bertz CT molecular complexity index is 683. The molecule has 0 aliphatic carbocycles. The van der Waals surface area contributed by atoms with Crippen molar-refractivity contribution in [3.8, 4) is 0 Å². The molecule has 21 heavy (non-hydrogen) atoms. The van der Waals surface area contributed by atoms with E-state index < -0.39 is 5.97 Å². The third-order valence-corrected chi connectivity index (χ3v) is 2.49. The summed E-state index contributed by atoms with van der Waals surface area (Å²) in [5, 5.41) is 20.3. The number of rotatable bonds is 1. The number of hydrogen-bond donors (Lipinski definition) is 2. The lowest BCUT2D eigenvalue weighted by Crippen LogP contribution is -2.25. The molecule has 0 saturated heterocycles. The van der Waals surface area contributed by atoms with Gasteiger partial charge in [0.15, 0.2) is 0 Å². The number of aromatic carboxylic acids is 1. The van der Waals surface area contributed by atoms with Gasteiger partial charge >= 0.3 is 5.97 Å². The molecular weight excluding hydrogens is 292 g/mol. The van der Waals surface area contributed by atoms with Crippen molar-refractivity contribution in [2.24, 2.45) is 0 Å². The maximum atomic E-state index is 10.9. The summed E-state index contributed by atoms with van der Waals surface area (Å²) < 4.78 is 0.815. The van der Waals surface area contributed by atoms with Crippen LogP contribution in [0.2, 0.25) is 0 Å². The van der Waals surface area contributed by atoms with E-state index in [1.165, 1.54) is 12.6 Å². The fraction of sp³-hybridized carbons (Fsp3) is 0.0667. The van der Waals surface area contributed by atoms with Gasteiger partial charge in [0.05, 0.1) is 23.3 Å². The second kappa shape index (κ2) is 8.60. The summed E-state index contributed by atoms with van der Waals surface area (Å²) in [5.41, 5.74) is 0.944. The molecule has 0 bridgehead atoms. The van der Waals surface area contributed by atoms with Gasteiger partial charge in [0.2, 0.25) is 0 Å². The van der Waals surface area contributed by atoms with Gasteiger partial charge in [-0.3, -0.25) is 0 Å². The number of carbonyl (C=O) groups is 1. The van der Waals surface area contributed by atoms with Gasteiger partial charge in [0.1, 0.15) is 0 Å². The first kappa shape index (κ1) is 16.5. The molecule has 6 heteroatoms. The van der Waals surface area contributed by atoms with Crippen LogP contribution in [-0.4, -0.2) is 22.4 Å². The van der Waals surface area contributed by atoms with Gasteiger partial charge in [-0.05, 0) is 30.3 Å². The number of nitrogens with zero attached hydrogens (tertiary/aromatic N) is 1. The third kappa shape index (κ3) is 4.81. The fourth-order valence-electron chi connectivity index (χ4n) is 1.58. The van der Waals surface area contributed by atoms with E-state index >= 15 is 0 Å². The Labute approximate surface area is 127 Å². The minimum Gasteiger partial charge on any atom is -0.711 e. The highest BCUT2D eigenvalue weighted by molar-refractivity contribution is 6.15. The Morgan fingerprint density at radius 1 is 1.14 bits per heavy atom. The second-order valence-corrected chi connectivity index (χ2v) is 3.79. The largest absolute Gasteiger partial charge is 0.711 e. The minimum absolute atomic E-state index is 0.331. The minimum atomic E-state index is -0.879. The average molecular weight is 307 g/mol. The van der Waals surface area contributed by atoms with Crippen LogP contribution in [-0.2, 0) is 0 Å². The molecule has 110 valence electrons. The molecule has 0 spiro atoms. The topological polar surface area (TPSA) is 80.0 Å². The number of halogens is 1. The predicted octanol–water partition coefficient (Wildman–Crippen LogP) is 3.04. The van der Waals surface area contributed by atoms with Crippen LogP contribution in [0.1, 0.15) is 10.4 Å². The molecule has 0 radical (unpaired) electrons. The first-order valence-corrected chi connectivity index (χ1v) is 6.75. The normalized spacial score (nSPS) is 9.05. The van der Waals surface area contributed by atoms with Crippen LogP contribution in [0.25, 0.3) is 11.0 Å². The number of alkyl halides is 1. The summed E-state index contributed by atoms with van der Waals surface area (Å²) in [7, 11) is 0. The molecule has 1 aromatic carbocycles. The van der Waals surface area contributed by atoms with Gasteiger partial charge in [-0.1, -0.05) is 18.2 Å². The summed E-state index contributed by atoms with van der Waals surface area (Å²) >= 11 is 4.64. The fourth-order valence-corrected chi connectivity index (χ4v) is 1.58. The number of fused-ring (bicyclic) bond motifs is 1. The molecule has 2 N–H and O–H groups in total. The number of carboxylic acids is 1. The number of aromatic amines is 1. The number of pyridine rings is 1. The highest BCUT2D eigenvalue weighted by Gasteiger charge is 1.99. The molecule has 0 unspecified atom stereocenters. The molecule has 0 aliphatic rings. The molecule has 0 saturated carbocycles. The van der Waals surface area contributed by atoms with Crippen LogP contribution in [0.3, 0.4) is 0 Å². The molecule has 0 fully saturated rings. The van der Waals surface area contributed by atoms with Crippen LogP contribution in [0.15, 0.2) is 60.9 Å². The van der Waals surface area contributed by atoms with E-state index in [9.17, 15) is 10.0 Å². The Morgan fingerprint density at radius 2 is 1.81 bits per heavy atom. The van der Waals surface area contributed by atoms with Crippen LogP contribution in [0.5, 0.6) is 0 Å². The Hall–Kier alpha value is -2.53. The van der Waals surface area contributed by atoms with E-state index in [0.717, 1.165) is 10.1 Å². The first-order valence-electron chi connectivity index (χ1n) is 6.00. The Balaban J connectivity index is 0.000000189. The smallest absolute Gasteiger partial charge is 0.335 e. The predicted molar refractivity (Wildman–Crippen MR) is 82.4 cm³/mol. The molecule has 0 amide bonds. The molecular formula is C15H15ClN2O3. The van der Waals surface area contributed by atoms with Gasteiger partial charge in [-0.25, -0.2) is 14.5 Å². The SMILES string of the molecule is CCl.O=C(O)c1ccccc1.[O-][n+]1cccc2cc[nH]c21. The maximum Gasteiger partial charge on any atom is 0.335 e. The highest BCUT2D eigenvalue weighted by atomic mass is 35.5. The molecule has 5 nitrogen and oxygen atoms in total. The standard InChI is InChI=1S/C7H6N2O.C7H6O2.CH3Cl/c10-9-5-1-2-6-3-4-8-7(6)9;8-7(9)6-4-2-1-3-5-6;1-2/h1-5,8H;1-5H,(H,8,9);1H3. The number of nitrogens with one attached hydrogen (secondary N) is 1. The van der Waals surface area contributed by atoms with E-state index in [2.05, 4.69) is 16.6 Å². The molecule has 2 heterocycles. The number of carboxylic acid groups (broad SMARTS) is 1. The summed E-state index contributed by atoms with van der Waals surface area (Å²) in [4.78, 5) is 13.0. The zero-order chi connectivity index (χ0) is 15.7. The second-order valence-electron chi connectivity index (χ2n) is 3.79. The highest BCUT2D eigenvalue weighted by Crippen LogP contribution is 2.04. The van der Waals surface area contributed by atoms with E-state index in [4.69, 9.17) is 5.11 Å². The quantitative estimate of drug-likeness (QED) is 0.412. The number of aromatic nitrogens is 2. The van der Waals surface area contributed by atoms with Crippen molar-refractivity contribution < 1.29 is 14.6 Å². The molecule has 3 aromatic rings. The van der Waals surface area contributed by atoms with Gasteiger partial charge in [-0.2, -0.15) is 0 Å². The van der Waals surface area contributed by atoms with Crippen LogP contribution in [0.4, 0.5) is 0 Å². The van der Waals surface area contributed by atoms with Crippen molar-refractivity contribution in [1.82, 2.24) is 4.98 Å². The molecule has 0 aliphatic heterocycles. The van der Waals surface area contributed by atoms with Crippen molar-refractivity contribution >= 4 is 28.6 Å². The van der Waals surface area contributed by atoms with Crippen molar-refractivity contribution in [2.75, 3.05) is 6.38 Å². The summed E-state index contributed by atoms with van der Waals surface area (Å²) in [6.45, 7) is 0. The lowest BCUT2D eigenvalue weighted by Gasteiger charge is -1.98. The van der Waals surface area contributed by atoms with Gasteiger partial charge in [0.25, 0.3) is 5.65 Å².